The second kappa shape index (κ2) is 6.32. The third kappa shape index (κ3) is 2.55. The number of hydrogen-bond acceptors (Lipinski definition) is 5. The molecule has 5 aromatic rings. The highest BCUT2D eigenvalue weighted by molar-refractivity contribution is 6.03. The number of aromatic nitrogens is 2. The Hall–Kier alpha value is -3.86. The number of rotatable bonds is 2. The molecule has 0 aliphatic carbocycles. The lowest BCUT2D eigenvalue weighted by Crippen LogP contribution is -2.23. The molecule has 1 N–H and O–H groups in total. The zero-order valence-corrected chi connectivity index (χ0v) is 16.8. The van der Waals surface area contributed by atoms with Crippen LogP contribution in [0.3, 0.4) is 0 Å². The fourth-order valence-electron chi connectivity index (χ4n) is 4.26. The first-order chi connectivity index (χ1) is 14.7. The Morgan fingerprint density at radius 1 is 0.900 bits per heavy atom. The zero-order chi connectivity index (χ0) is 20.2. The van der Waals surface area contributed by atoms with Crippen molar-refractivity contribution in [3.05, 3.63) is 89.9 Å². The molecule has 0 saturated carbocycles. The first kappa shape index (κ1) is 17.0. The molecular formula is C25H20N4O. The number of nitrogens with zero attached hydrogens (tertiary/aromatic N) is 3. The summed E-state index contributed by atoms with van der Waals surface area (Å²) in [5.74, 6) is 0. The maximum atomic E-state index is 6.10. The number of fused-ring (bicyclic) bond motifs is 4. The van der Waals surface area contributed by atoms with Crippen LogP contribution in [0.2, 0.25) is 0 Å². The van der Waals surface area contributed by atoms with Crippen LogP contribution in [0.4, 0.5) is 17.1 Å². The van der Waals surface area contributed by atoms with E-state index in [0.717, 1.165) is 50.4 Å². The van der Waals surface area contributed by atoms with Gasteiger partial charge in [-0.15, -0.1) is 0 Å². The van der Waals surface area contributed by atoms with Crippen molar-refractivity contribution in [2.45, 2.75) is 20.0 Å². The number of aryl methyl sites for hydroxylation is 2. The van der Waals surface area contributed by atoms with Crippen molar-refractivity contribution in [1.29, 1.82) is 0 Å². The molecule has 0 radical (unpaired) electrons. The van der Waals surface area contributed by atoms with E-state index in [4.69, 9.17) is 4.42 Å². The van der Waals surface area contributed by atoms with E-state index in [-0.39, 0.29) is 6.17 Å². The van der Waals surface area contributed by atoms with Gasteiger partial charge in [-0.1, -0.05) is 30.3 Å². The van der Waals surface area contributed by atoms with Gasteiger partial charge in [0.1, 0.15) is 11.7 Å². The molecule has 1 unspecified atom stereocenters. The Kier molecular flexibility index (Phi) is 3.59. The van der Waals surface area contributed by atoms with Gasteiger partial charge in [0.15, 0.2) is 0 Å². The molecule has 5 heteroatoms. The number of benzene rings is 2. The molecule has 6 rings (SSSR count). The third-order valence-corrected chi connectivity index (χ3v) is 5.68. The Morgan fingerprint density at radius 3 is 2.60 bits per heavy atom. The van der Waals surface area contributed by atoms with Crippen LogP contribution in [-0.2, 0) is 0 Å². The van der Waals surface area contributed by atoms with Crippen LogP contribution in [0.1, 0.15) is 23.1 Å². The Morgan fingerprint density at radius 2 is 1.73 bits per heavy atom. The lowest BCUT2D eigenvalue weighted by Gasteiger charge is -2.27. The summed E-state index contributed by atoms with van der Waals surface area (Å²) in [5.41, 5.74) is 7.86. The van der Waals surface area contributed by atoms with Crippen molar-refractivity contribution in [3.63, 3.8) is 0 Å². The van der Waals surface area contributed by atoms with Crippen molar-refractivity contribution in [2.75, 3.05) is 10.2 Å². The lowest BCUT2D eigenvalue weighted by atomic mass is 10.1. The van der Waals surface area contributed by atoms with Crippen molar-refractivity contribution < 1.29 is 4.42 Å². The molecule has 4 heterocycles. The van der Waals surface area contributed by atoms with Crippen molar-refractivity contribution in [3.8, 4) is 0 Å². The standard InChI is InChI=1S/C25H20N4O/c1-15-8-10-20-19-11-9-17(13-23(19)30-25(20)27-15)24-28-21-12-16(2)26-14-22(21)29(24)18-6-4-3-5-7-18/h3-14,24,28H,1-2H3. The molecule has 0 spiro atoms. The fourth-order valence-corrected chi connectivity index (χ4v) is 4.26. The normalized spacial score (nSPS) is 15.5. The molecular weight excluding hydrogens is 372 g/mol. The van der Waals surface area contributed by atoms with E-state index in [1.807, 2.05) is 32.2 Å². The molecule has 2 aromatic carbocycles. The topological polar surface area (TPSA) is 54.2 Å². The summed E-state index contributed by atoms with van der Waals surface area (Å²) < 4.78 is 6.10. The summed E-state index contributed by atoms with van der Waals surface area (Å²) in [5, 5.41) is 5.81. The van der Waals surface area contributed by atoms with E-state index in [1.165, 1.54) is 0 Å². The van der Waals surface area contributed by atoms with Gasteiger partial charge in [0.2, 0.25) is 5.71 Å². The smallest absolute Gasteiger partial charge is 0.227 e. The van der Waals surface area contributed by atoms with Crippen LogP contribution in [0.25, 0.3) is 22.1 Å². The van der Waals surface area contributed by atoms with E-state index in [0.29, 0.717) is 5.71 Å². The van der Waals surface area contributed by atoms with Crippen LogP contribution in [0.5, 0.6) is 0 Å². The van der Waals surface area contributed by atoms with Gasteiger partial charge in [-0.2, -0.15) is 0 Å². The molecule has 1 aliphatic rings. The fraction of sp³-hybridized carbons (Fsp3) is 0.120. The molecule has 1 atom stereocenters. The van der Waals surface area contributed by atoms with E-state index in [9.17, 15) is 0 Å². The van der Waals surface area contributed by atoms with Crippen molar-refractivity contribution in [2.24, 2.45) is 0 Å². The summed E-state index contributed by atoms with van der Waals surface area (Å²) in [6.07, 6.45) is 1.88. The summed E-state index contributed by atoms with van der Waals surface area (Å²) in [4.78, 5) is 11.4. The van der Waals surface area contributed by atoms with Crippen molar-refractivity contribution in [1.82, 2.24) is 9.97 Å². The quantitative estimate of drug-likeness (QED) is 0.384. The van der Waals surface area contributed by atoms with Crippen LogP contribution in [-0.4, -0.2) is 9.97 Å². The van der Waals surface area contributed by atoms with Crippen molar-refractivity contribution >= 4 is 39.1 Å². The summed E-state index contributed by atoms with van der Waals surface area (Å²) >= 11 is 0. The second-order valence-corrected chi connectivity index (χ2v) is 7.76. The molecule has 1 aliphatic heterocycles. The Labute approximate surface area is 174 Å². The second-order valence-electron chi connectivity index (χ2n) is 7.76. The SMILES string of the molecule is Cc1cc2c(cn1)N(c1ccccc1)C(c1ccc3c(c1)oc1nc(C)ccc13)N2. The minimum absolute atomic E-state index is 0.0571. The van der Waals surface area contributed by atoms with E-state index >= 15 is 0 Å². The van der Waals surface area contributed by atoms with Gasteiger partial charge in [0.25, 0.3) is 0 Å². The van der Waals surface area contributed by atoms with Gasteiger partial charge in [-0.05, 0) is 55.8 Å². The lowest BCUT2D eigenvalue weighted by molar-refractivity contribution is 0.651. The average molecular weight is 392 g/mol. The maximum Gasteiger partial charge on any atom is 0.227 e. The first-order valence-corrected chi connectivity index (χ1v) is 10.0. The van der Waals surface area contributed by atoms with Gasteiger partial charge < -0.3 is 14.6 Å². The molecule has 0 fully saturated rings. The predicted octanol–water partition coefficient (Wildman–Crippen LogP) is 6.26. The van der Waals surface area contributed by atoms with Gasteiger partial charge in [0.05, 0.1) is 17.6 Å². The van der Waals surface area contributed by atoms with Gasteiger partial charge in [0, 0.05) is 27.8 Å². The molecule has 0 saturated heterocycles. The highest BCUT2D eigenvalue weighted by Gasteiger charge is 2.32. The summed E-state index contributed by atoms with van der Waals surface area (Å²) in [7, 11) is 0. The highest BCUT2D eigenvalue weighted by Crippen LogP contribution is 2.46. The molecule has 146 valence electrons. The van der Waals surface area contributed by atoms with Crippen LogP contribution in [0.15, 0.2) is 77.3 Å². The number of para-hydroxylation sites is 1. The van der Waals surface area contributed by atoms with E-state index < -0.39 is 0 Å². The minimum Gasteiger partial charge on any atom is -0.438 e. The average Bonchev–Trinajstić information content (AvgIpc) is 3.30. The van der Waals surface area contributed by atoms with Gasteiger partial charge >= 0.3 is 0 Å². The van der Waals surface area contributed by atoms with Gasteiger partial charge in [-0.3, -0.25) is 4.98 Å². The van der Waals surface area contributed by atoms with Crippen LogP contribution < -0.4 is 10.2 Å². The molecule has 0 bridgehead atoms. The maximum absolute atomic E-state index is 6.10. The summed E-state index contributed by atoms with van der Waals surface area (Å²) in [6, 6.07) is 23.0. The minimum atomic E-state index is -0.0571. The molecule has 0 amide bonds. The largest absolute Gasteiger partial charge is 0.438 e. The number of anilines is 3. The van der Waals surface area contributed by atoms with Crippen LogP contribution >= 0.6 is 0 Å². The highest BCUT2D eigenvalue weighted by atomic mass is 16.3. The molecule has 3 aromatic heterocycles. The van der Waals surface area contributed by atoms with E-state index in [2.05, 4.69) is 74.8 Å². The first-order valence-electron chi connectivity index (χ1n) is 10.0. The Balaban J connectivity index is 1.51. The molecule has 30 heavy (non-hydrogen) atoms. The number of furan rings is 1. The number of nitrogens with one attached hydrogen (secondary N) is 1. The monoisotopic (exact) mass is 392 g/mol. The predicted molar refractivity (Wildman–Crippen MR) is 120 cm³/mol. The number of pyridine rings is 2. The summed E-state index contributed by atoms with van der Waals surface area (Å²) in [6.45, 7) is 3.99. The van der Waals surface area contributed by atoms with E-state index in [1.54, 1.807) is 0 Å². The molecule has 5 nitrogen and oxygen atoms in total. The van der Waals surface area contributed by atoms with Gasteiger partial charge in [-0.25, -0.2) is 4.98 Å². The Bertz CT molecular complexity index is 1410. The zero-order valence-electron chi connectivity index (χ0n) is 16.8. The third-order valence-electron chi connectivity index (χ3n) is 5.68. The van der Waals surface area contributed by atoms with Crippen LogP contribution in [0, 0.1) is 13.8 Å². The number of hydrogen-bond donors (Lipinski definition) is 1.